The Kier molecular flexibility index (Phi) is 3.13. The quantitative estimate of drug-likeness (QED) is 0.693. The van der Waals surface area contributed by atoms with E-state index in [1.165, 1.54) is 37.7 Å². The van der Waals surface area contributed by atoms with Gasteiger partial charge in [-0.25, -0.2) is 14.4 Å². The number of carbonyl (C=O) groups is 1. The van der Waals surface area contributed by atoms with E-state index in [1.54, 1.807) is 6.92 Å². The van der Waals surface area contributed by atoms with Crippen molar-refractivity contribution in [3.05, 3.63) is 53.4 Å². The molecular formula is C15H11FN2O3. The predicted molar refractivity (Wildman–Crippen MR) is 72.9 cm³/mol. The van der Waals surface area contributed by atoms with Crippen molar-refractivity contribution in [3.63, 3.8) is 0 Å². The summed E-state index contributed by atoms with van der Waals surface area (Å²) in [6, 6.07) is 4.10. The Morgan fingerprint density at radius 1 is 1.29 bits per heavy atom. The van der Waals surface area contributed by atoms with Crippen molar-refractivity contribution in [2.45, 2.75) is 6.92 Å². The number of methoxy groups -OCH3 is 1. The van der Waals surface area contributed by atoms with E-state index in [0.717, 1.165) is 0 Å². The van der Waals surface area contributed by atoms with Crippen LogP contribution in [0.5, 0.6) is 5.88 Å². The molecule has 0 saturated heterocycles. The lowest BCUT2D eigenvalue weighted by atomic mass is 10.1. The first kappa shape index (κ1) is 13.2. The van der Waals surface area contributed by atoms with Gasteiger partial charge in [-0.2, -0.15) is 0 Å². The van der Waals surface area contributed by atoms with Crippen LogP contribution >= 0.6 is 0 Å². The fourth-order valence-electron chi connectivity index (χ4n) is 2.15. The van der Waals surface area contributed by atoms with Gasteiger partial charge in [-0.05, 0) is 25.1 Å². The van der Waals surface area contributed by atoms with E-state index in [0.29, 0.717) is 16.5 Å². The minimum Gasteiger partial charge on any atom is -0.479 e. The first-order chi connectivity index (χ1) is 10.1. The molecule has 0 aliphatic rings. The van der Waals surface area contributed by atoms with Gasteiger partial charge in [0.2, 0.25) is 5.88 Å². The van der Waals surface area contributed by atoms with Crippen LogP contribution in [0.3, 0.4) is 0 Å². The predicted octanol–water partition coefficient (Wildman–Crippen LogP) is 2.91. The zero-order valence-corrected chi connectivity index (χ0v) is 11.4. The Morgan fingerprint density at radius 3 is 2.81 bits per heavy atom. The number of hydrogen-bond donors (Lipinski definition) is 0. The molecule has 0 amide bonds. The van der Waals surface area contributed by atoms with E-state index in [4.69, 9.17) is 9.15 Å². The first-order valence-corrected chi connectivity index (χ1v) is 6.20. The van der Waals surface area contributed by atoms with Crippen molar-refractivity contribution in [3.8, 4) is 5.88 Å². The molecule has 21 heavy (non-hydrogen) atoms. The second-order valence-corrected chi connectivity index (χ2v) is 4.44. The van der Waals surface area contributed by atoms with Gasteiger partial charge in [-0.3, -0.25) is 4.79 Å². The fraction of sp³-hybridized carbons (Fsp3) is 0.133. The van der Waals surface area contributed by atoms with Crippen molar-refractivity contribution in [2.24, 2.45) is 0 Å². The van der Waals surface area contributed by atoms with Crippen molar-refractivity contribution < 1.29 is 18.3 Å². The summed E-state index contributed by atoms with van der Waals surface area (Å²) in [7, 11) is 1.40. The molecule has 5 nitrogen and oxygen atoms in total. The maximum absolute atomic E-state index is 13.3. The van der Waals surface area contributed by atoms with E-state index in [1.807, 2.05) is 0 Å². The number of hydrogen-bond acceptors (Lipinski definition) is 5. The minimum absolute atomic E-state index is 0.0580. The molecule has 0 saturated carbocycles. The highest BCUT2D eigenvalue weighted by molar-refractivity contribution is 6.10. The molecule has 106 valence electrons. The summed E-state index contributed by atoms with van der Waals surface area (Å²) >= 11 is 0. The third-order valence-electron chi connectivity index (χ3n) is 3.18. The number of halogens is 1. The van der Waals surface area contributed by atoms with Gasteiger partial charge in [-0.1, -0.05) is 0 Å². The molecule has 0 unspecified atom stereocenters. The number of rotatable bonds is 3. The Morgan fingerprint density at radius 2 is 2.05 bits per heavy atom. The number of aryl methyl sites for hydroxylation is 1. The molecule has 3 aromatic rings. The van der Waals surface area contributed by atoms with Crippen LogP contribution in [0.2, 0.25) is 0 Å². The lowest BCUT2D eigenvalue weighted by molar-refractivity contribution is 0.100. The molecule has 0 fully saturated rings. The summed E-state index contributed by atoms with van der Waals surface area (Å²) in [5.74, 6) is -0.612. The highest BCUT2D eigenvalue weighted by atomic mass is 19.1. The summed E-state index contributed by atoms with van der Waals surface area (Å²) in [5.41, 5.74) is 1.06. The molecule has 0 N–H and O–H groups in total. The largest absolute Gasteiger partial charge is 0.479 e. The number of furan rings is 1. The van der Waals surface area contributed by atoms with E-state index < -0.39 is 5.78 Å². The van der Waals surface area contributed by atoms with Crippen LogP contribution in [-0.4, -0.2) is 22.9 Å². The molecule has 1 aromatic carbocycles. The van der Waals surface area contributed by atoms with Crippen LogP contribution in [0.25, 0.3) is 11.0 Å². The standard InChI is InChI=1S/C15H11FN2O3/c1-8-10-7-9(16)3-4-11(10)21-14(8)13(19)12-15(20-2)18-6-5-17-12/h3-7H,1-2H3. The van der Waals surface area contributed by atoms with E-state index >= 15 is 0 Å². The molecule has 0 atom stereocenters. The molecular weight excluding hydrogens is 275 g/mol. The molecule has 0 bridgehead atoms. The molecule has 3 rings (SSSR count). The van der Waals surface area contributed by atoms with Gasteiger partial charge in [0.25, 0.3) is 5.78 Å². The minimum atomic E-state index is -0.450. The van der Waals surface area contributed by atoms with Crippen LogP contribution in [0.15, 0.2) is 35.0 Å². The Bertz CT molecular complexity index is 842. The van der Waals surface area contributed by atoms with Crippen LogP contribution in [-0.2, 0) is 0 Å². The van der Waals surface area contributed by atoms with Crippen LogP contribution in [0.1, 0.15) is 21.8 Å². The summed E-state index contributed by atoms with van der Waals surface area (Å²) in [6.45, 7) is 1.70. The molecule has 0 radical (unpaired) electrons. The SMILES string of the molecule is COc1nccnc1C(=O)c1oc2ccc(F)cc2c1C. The number of ketones is 1. The number of fused-ring (bicyclic) bond motifs is 1. The number of ether oxygens (including phenoxy) is 1. The normalized spacial score (nSPS) is 10.8. The number of nitrogens with zero attached hydrogens (tertiary/aromatic N) is 2. The van der Waals surface area contributed by atoms with E-state index in [2.05, 4.69) is 9.97 Å². The topological polar surface area (TPSA) is 65.2 Å². The van der Waals surface area contributed by atoms with Gasteiger partial charge in [0.05, 0.1) is 7.11 Å². The van der Waals surface area contributed by atoms with Crippen LogP contribution in [0, 0.1) is 12.7 Å². The molecule has 2 aromatic heterocycles. The zero-order valence-electron chi connectivity index (χ0n) is 11.4. The smallest absolute Gasteiger partial charge is 0.252 e. The lowest BCUT2D eigenvalue weighted by Gasteiger charge is -2.03. The summed E-state index contributed by atoms with van der Waals surface area (Å²) in [5, 5.41) is 0.557. The first-order valence-electron chi connectivity index (χ1n) is 6.20. The van der Waals surface area contributed by atoms with Crippen LogP contribution < -0.4 is 4.74 Å². The monoisotopic (exact) mass is 286 g/mol. The summed E-state index contributed by atoms with van der Waals surface area (Å²) in [4.78, 5) is 20.4. The molecule has 0 aliphatic carbocycles. The molecule has 2 heterocycles. The third-order valence-corrected chi connectivity index (χ3v) is 3.18. The van der Waals surface area contributed by atoms with E-state index in [9.17, 15) is 9.18 Å². The van der Waals surface area contributed by atoms with E-state index in [-0.39, 0.29) is 23.2 Å². The van der Waals surface area contributed by atoms with Gasteiger partial charge >= 0.3 is 0 Å². The van der Waals surface area contributed by atoms with Crippen LogP contribution in [0.4, 0.5) is 4.39 Å². The van der Waals surface area contributed by atoms with Gasteiger partial charge in [0.15, 0.2) is 11.5 Å². The number of benzene rings is 1. The average molecular weight is 286 g/mol. The number of aromatic nitrogens is 2. The third kappa shape index (κ3) is 2.14. The van der Waals surface area contributed by atoms with Gasteiger partial charge < -0.3 is 9.15 Å². The second kappa shape index (κ2) is 4.97. The summed E-state index contributed by atoms with van der Waals surface area (Å²) < 4.78 is 23.9. The maximum Gasteiger partial charge on any atom is 0.252 e. The Hall–Kier alpha value is -2.76. The van der Waals surface area contributed by atoms with Crippen molar-refractivity contribution >= 4 is 16.8 Å². The lowest BCUT2D eigenvalue weighted by Crippen LogP contribution is -2.08. The second-order valence-electron chi connectivity index (χ2n) is 4.44. The average Bonchev–Trinajstić information content (AvgIpc) is 2.83. The van der Waals surface area contributed by atoms with Crippen molar-refractivity contribution in [1.82, 2.24) is 9.97 Å². The fourth-order valence-corrected chi connectivity index (χ4v) is 2.15. The maximum atomic E-state index is 13.3. The van der Waals surface area contributed by atoms with Gasteiger partial charge in [-0.15, -0.1) is 0 Å². The molecule has 0 spiro atoms. The molecule has 0 aliphatic heterocycles. The van der Waals surface area contributed by atoms with Gasteiger partial charge in [0.1, 0.15) is 11.4 Å². The zero-order chi connectivity index (χ0) is 15.0. The van der Waals surface area contributed by atoms with Gasteiger partial charge in [0, 0.05) is 23.3 Å². The summed E-state index contributed by atoms with van der Waals surface area (Å²) in [6.07, 6.45) is 2.82. The highest BCUT2D eigenvalue weighted by Crippen LogP contribution is 2.28. The highest BCUT2D eigenvalue weighted by Gasteiger charge is 2.24. The van der Waals surface area contributed by atoms with Crippen molar-refractivity contribution in [1.29, 1.82) is 0 Å². The molecule has 6 heteroatoms. The Balaban J connectivity index is 2.16. The Labute approximate surface area is 119 Å². The van der Waals surface area contributed by atoms with Crippen molar-refractivity contribution in [2.75, 3.05) is 7.11 Å². The number of carbonyl (C=O) groups excluding carboxylic acids is 1.